The monoisotopic (exact) mass is 296 g/mol. The fraction of sp³-hybridized carbons (Fsp3) is 0.429. The van der Waals surface area contributed by atoms with Gasteiger partial charge in [0.15, 0.2) is 5.82 Å². The molecule has 0 amide bonds. The van der Waals surface area contributed by atoms with Gasteiger partial charge in [-0.2, -0.15) is 4.98 Å². The summed E-state index contributed by atoms with van der Waals surface area (Å²) in [7, 11) is 0. The van der Waals surface area contributed by atoms with E-state index in [9.17, 15) is 0 Å². The van der Waals surface area contributed by atoms with E-state index in [2.05, 4.69) is 30.9 Å². The molecule has 0 aliphatic carbocycles. The van der Waals surface area contributed by atoms with Gasteiger partial charge in [0, 0.05) is 10.3 Å². The predicted molar refractivity (Wildman–Crippen MR) is 78.7 cm³/mol. The molecule has 0 aliphatic rings. The average molecular weight is 297 g/mol. The Morgan fingerprint density at radius 2 is 1.95 bits per heavy atom. The molecule has 1 atom stereocenters. The van der Waals surface area contributed by atoms with Gasteiger partial charge in [-0.1, -0.05) is 49.7 Å². The van der Waals surface area contributed by atoms with E-state index in [4.69, 9.17) is 16.1 Å². The number of thioether (sulfide) groups is 1. The van der Waals surface area contributed by atoms with E-state index in [1.165, 1.54) is 0 Å². The van der Waals surface area contributed by atoms with E-state index in [-0.39, 0.29) is 10.7 Å². The van der Waals surface area contributed by atoms with Crippen LogP contribution in [0, 0.1) is 0 Å². The largest absolute Gasteiger partial charge is 0.338 e. The molecule has 0 N–H and O–H groups in total. The van der Waals surface area contributed by atoms with E-state index in [1.54, 1.807) is 11.8 Å². The van der Waals surface area contributed by atoms with Crippen molar-refractivity contribution in [2.45, 2.75) is 43.3 Å². The number of benzene rings is 1. The lowest BCUT2D eigenvalue weighted by atomic mass is 9.96. The molecule has 19 heavy (non-hydrogen) atoms. The highest BCUT2D eigenvalue weighted by Gasteiger charge is 2.23. The molecule has 2 rings (SSSR count). The second kappa shape index (κ2) is 5.55. The van der Waals surface area contributed by atoms with E-state index in [0.717, 1.165) is 15.7 Å². The van der Waals surface area contributed by atoms with Crippen LogP contribution in [-0.2, 0) is 5.41 Å². The third-order valence-corrected chi connectivity index (χ3v) is 4.21. The van der Waals surface area contributed by atoms with Crippen LogP contribution in [0.3, 0.4) is 0 Å². The van der Waals surface area contributed by atoms with Crippen LogP contribution in [0.4, 0.5) is 0 Å². The normalized spacial score (nSPS) is 13.5. The van der Waals surface area contributed by atoms with Crippen LogP contribution in [0.1, 0.15) is 44.7 Å². The molecule has 1 heterocycles. The quantitative estimate of drug-likeness (QED) is 0.757. The Morgan fingerprint density at radius 3 is 2.53 bits per heavy atom. The summed E-state index contributed by atoms with van der Waals surface area (Å²) < 4.78 is 5.34. The Morgan fingerprint density at radius 1 is 1.26 bits per heavy atom. The van der Waals surface area contributed by atoms with Crippen molar-refractivity contribution < 1.29 is 4.52 Å². The van der Waals surface area contributed by atoms with Gasteiger partial charge in [-0.05, 0) is 19.1 Å². The molecule has 0 aliphatic heterocycles. The minimum Gasteiger partial charge on any atom is -0.338 e. The van der Waals surface area contributed by atoms with Gasteiger partial charge in [-0.25, -0.2) is 0 Å². The zero-order valence-corrected chi connectivity index (χ0v) is 13.0. The highest BCUT2D eigenvalue weighted by Crippen LogP contribution is 2.38. The zero-order chi connectivity index (χ0) is 14.0. The predicted octanol–water partition coefficient (Wildman–Crippen LogP) is 4.87. The standard InChI is InChI=1S/C14H17ClN2OS/c1-9(19-11-8-6-5-7-10(11)15)12-16-13(17-18-12)14(2,3)4/h5-9H,1-4H3. The maximum absolute atomic E-state index is 6.15. The molecule has 0 saturated heterocycles. The maximum Gasteiger partial charge on any atom is 0.239 e. The third kappa shape index (κ3) is 3.51. The number of hydrogen-bond acceptors (Lipinski definition) is 4. The van der Waals surface area contributed by atoms with Crippen molar-refractivity contribution in [1.82, 2.24) is 10.1 Å². The van der Waals surface area contributed by atoms with Crippen molar-refractivity contribution in [1.29, 1.82) is 0 Å². The van der Waals surface area contributed by atoms with E-state index in [1.807, 2.05) is 31.2 Å². The summed E-state index contributed by atoms with van der Waals surface area (Å²) in [6.07, 6.45) is 0. The number of halogens is 1. The van der Waals surface area contributed by atoms with E-state index < -0.39 is 0 Å². The first-order chi connectivity index (χ1) is 8.88. The number of hydrogen-bond donors (Lipinski definition) is 0. The van der Waals surface area contributed by atoms with Gasteiger partial charge in [0.1, 0.15) is 0 Å². The maximum atomic E-state index is 6.15. The van der Waals surface area contributed by atoms with Crippen LogP contribution < -0.4 is 0 Å². The summed E-state index contributed by atoms with van der Waals surface area (Å²) in [5, 5.41) is 4.86. The van der Waals surface area contributed by atoms with Gasteiger partial charge >= 0.3 is 0 Å². The van der Waals surface area contributed by atoms with Gasteiger partial charge in [0.2, 0.25) is 5.89 Å². The fourth-order valence-electron chi connectivity index (χ4n) is 1.49. The second-order valence-corrected chi connectivity index (χ2v) is 7.19. The van der Waals surface area contributed by atoms with Crippen LogP contribution in [0.15, 0.2) is 33.7 Å². The van der Waals surface area contributed by atoms with Gasteiger partial charge in [0.25, 0.3) is 0 Å². The Balaban J connectivity index is 2.15. The van der Waals surface area contributed by atoms with Gasteiger partial charge < -0.3 is 4.52 Å². The molecule has 0 saturated carbocycles. The smallest absolute Gasteiger partial charge is 0.239 e. The van der Waals surface area contributed by atoms with E-state index in [0.29, 0.717) is 5.89 Å². The molecule has 0 fully saturated rings. The van der Waals surface area contributed by atoms with Crippen LogP contribution in [0.25, 0.3) is 0 Å². The Hall–Kier alpha value is -1.00. The van der Waals surface area contributed by atoms with Crippen molar-refractivity contribution in [3.63, 3.8) is 0 Å². The SMILES string of the molecule is CC(Sc1ccccc1Cl)c1nc(C(C)(C)C)no1. The summed E-state index contributed by atoms with van der Waals surface area (Å²) in [4.78, 5) is 5.49. The van der Waals surface area contributed by atoms with Crippen molar-refractivity contribution in [3.8, 4) is 0 Å². The van der Waals surface area contributed by atoms with E-state index >= 15 is 0 Å². The highest BCUT2D eigenvalue weighted by atomic mass is 35.5. The minimum absolute atomic E-state index is 0.0727. The topological polar surface area (TPSA) is 38.9 Å². The van der Waals surface area contributed by atoms with Crippen LogP contribution in [0.2, 0.25) is 5.02 Å². The van der Waals surface area contributed by atoms with Gasteiger partial charge in [-0.15, -0.1) is 11.8 Å². The first-order valence-corrected chi connectivity index (χ1v) is 7.39. The molecule has 1 unspecified atom stereocenters. The van der Waals surface area contributed by atoms with Crippen molar-refractivity contribution in [2.24, 2.45) is 0 Å². The van der Waals surface area contributed by atoms with Gasteiger partial charge in [0.05, 0.1) is 10.3 Å². The number of nitrogens with zero attached hydrogens (tertiary/aromatic N) is 2. The summed E-state index contributed by atoms with van der Waals surface area (Å²) in [6.45, 7) is 8.22. The van der Waals surface area contributed by atoms with Crippen molar-refractivity contribution in [3.05, 3.63) is 41.0 Å². The summed E-state index contributed by atoms with van der Waals surface area (Å²) in [5.74, 6) is 1.36. The molecule has 3 nitrogen and oxygen atoms in total. The molecule has 0 bridgehead atoms. The molecule has 102 valence electrons. The van der Waals surface area contributed by atoms with Crippen LogP contribution in [-0.4, -0.2) is 10.1 Å². The number of aromatic nitrogens is 2. The van der Waals surface area contributed by atoms with Crippen LogP contribution in [0.5, 0.6) is 0 Å². The molecular formula is C14H17ClN2OS. The fourth-order valence-corrected chi connectivity index (χ4v) is 2.67. The van der Waals surface area contributed by atoms with Crippen LogP contribution >= 0.6 is 23.4 Å². The summed E-state index contributed by atoms with van der Waals surface area (Å²) in [5.41, 5.74) is -0.101. The molecule has 0 spiro atoms. The zero-order valence-electron chi connectivity index (χ0n) is 11.5. The lowest BCUT2D eigenvalue weighted by molar-refractivity contribution is 0.364. The minimum atomic E-state index is -0.101. The molecule has 1 aromatic carbocycles. The van der Waals surface area contributed by atoms with Crippen molar-refractivity contribution in [2.75, 3.05) is 0 Å². The molecule has 2 aromatic rings. The Kier molecular flexibility index (Phi) is 4.21. The first-order valence-electron chi connectivity index (χ1n) is 6.13. The average Bonchev–Trinajstić information content (AvgIpc) is 2.81. The molecule has 5 heteroatoms. The highest BCUT2D eigenvalue weighted by molar-refractivity contribution is 7.99. The third-order valence-electron chi connectivity index (χ3n) is 2.60. The summed E-state index contributed by atoms with van der Waals surface area (Å²) >= 11 is 7.77. The molecular weight excluding hydrogens is 280 g/mol. The Labute approximate surface area is 122 Å². The first kappa shape index (κ1) is 14.4. The molecule has 0 radical (unpaired) electrons. The molecule has 1 aromatic heterocycles. The second-order valence-electron chi connectivity index (χ2n) is 5.40. The van der Waals surface area contributed by atoms with Gasteiger partial charge in [-0.3, -0.25) is 0 Å². The van der Waals surface area contributed by atoms with Crippen molar-refractivity contribution >= 4 is 23.4 Å². The Bertz CT molecular complexity index is 563. The summed E-state index contributed by atoms with van der Waals surface area (Å²) in [6, 6.07) is 7.76. The lowest BCUT2D eigenvalue weighted by Crippen LogP contribution is -2.13. The number of rotatable bonds is 3. The lowest BCUT2D eigenvalue weighted by Gasteiger charge is -2.11.